The maximum atomic E-state index is 13.9. The molecule has 8 heteroatoms. The molecule has 0 amide bonds. The van der Waals surface area contributed by atoms with Gasteiger partial charge in [0, 0.05) is 0 Å². The van der Waals surface area contributed by atoms with Gasteiger partial charge in [-0.2, -0.15) is 0 Å². The number of carbonyl (C=O) groups excluding carboxylic acids is 3. The second kappa shape index (κ2) is 8.71. The van der Waals surface area contributed by atoms with Gasteiger partial charge in [0.25, 0.3) is 0 Å². The van der Waals surface area contributed by atoms with Crippen molar-refractivity contribution in [1.29, 1.82) is 0 Å². The van der Waals surface area contributed by atoms with Crippen LogP contribution >= 0.6 is 0 Å². The second-order valence-electron chi connectivity index (χ2n) is 7.07. The first-order chi connectivity index (χ1) is 14.3. The van der Waals surface area contributed by atoms with Gasteiger partial charge in [-0.3, -0.25) is 19.3 Å². The van der Waals surface area contributed by atoms with Crippen LogP contribution in [0.1, 0.15) is 23.2 Å². The highest BCUT2D eigenvalue weighted by Crippen LogP contribution is 2.46. The van der Waals surface area contributed by atoms with Gasteiger partial charge in [0.15, 0.2) is 5.78 Å². The summed E-state index contributed by atoms with van der Waals surface area (Å²) in [6.07, 6.45) is 0. The van der Waals surface area contributed by atoms with Crippen LogP contribution in [0, 0.1) is 23.5 Å². The van der Waals surface area contributed by atoms with E-state index >= 15 is 0 Å². The number of hydrogen-bond acceptors (Lipinski definition) is 6. The van der Waals surface area contributed by atoms with E-state index in [0.717, 1.165) is 14.2 Å². The second-order valence-corrected chi connectivity index (χ2v) is 7.07. The van der Waals surface area contributed by atoms with Crippen molar-refractivity contribution in [3.05, 3.63) is 71.3 Å². The highest BCUT2D eigenvalue weighted by molar-refractivity contribution is 6.10. The molecule has 1 heterocycles. The van der Waals surface area contributed by atoms with E-state index in [9.17, 15) is 23.2 Å². The molecule has 4 unspecified atom stereocenters. The summed E-state index contributed by atoms with van der Waals surface area (Å²) in [4.78, 5) is 40.1. The van der Waals surface area contributed by atoms with Crippen molar-refractivity contribution >= 4 is 17.7 Å². The third-order valence-electron chi connectivity index (χ3n) is 5.41. The van der Waals surface area contributed by atoms with Crippen molar-refractivity contribution < 1.29 is 32.6 Å². The van der Waals surface area contributed by atoms with Crippen molar-refractivity contribution in [2.75, 3.05) is 21.3 Å². The predicted octanol–water partition coefficient (Wildman–Crippen LogP) is 2.84. The van der Waals surface area contributed by atoms with Crippen molar-refractivity contribution in [3.8, 4) is 0 Å². The SMILES string of the molecule is COC(=O)C1C(=O)C(C(=O)OC)C(c2cccc(F)c2)N(C)C1c1cccc(F)c1. The topological polar surface area (TPSA) is 72.9 Å². The zero-order valence-corrected chi connectivity index (χ0v) is 16.7. The lowest BCUT2D eigenvalue weighted by Crippen LogP contribution is -2.54. The summed E-state index contributed by atoms with van der Waals surface area (Å²) in [5.74, 6) is -6.31. The van der Waals surface area contributed by atoms with E-state index < -0.39 is 53.3 Å². The number of methoxy groups -OCH3 is 2. The van der Waals surface area contributed by atoms with Crippen molar-refractivity contribution in [3.63, 3.8) is 0 Å². The summed E-state index contributed by atoms with van der Waals surface area (Å²) in [6.45, 7) is 0. The third kappa shape index (κ3) is 3.82. The highest BCUT2D eigenvalue weighted by atomic mass is 19.1. The number of benzene rings is 2. The molecule has 1 aliphatic rings. The molecule has 2 aromatic rings. The number of carbonyl (C=O) groups is 3. The molecule has 0 N–H and O–H groups in total. The average Bonchev–Trinajstić information content (AvgIpc) is 2.73. The number of rotatable bonds is 4. The molecule has 0 aliphatic carbocycles. The molecule has 1 saturated heterocycles. The average molecular weight is 417 g/mol. The fourth-order valence-electron chi connectivity index (χ4n) is 4.13. The first kappa shape index (κ1) is 21.6. The molecule has 4 atom stereocenters. The molecule has 6 nitrogen and oxygen atoms in total. The lowest BCUT2D eigenvalue weighted by Gasteiger charge is -2.45. The number of likely N-dealkylation sites (tertiary alicyclic amines) is 1. The molecule has 30 heavy (non-hydrogen) atoms. The van der Waals surface area contributed by atoms with Crippen LogP contribution < -0.4 is 0 Å². The van der Waals surface area contributed by atoms with Crippen LogP contribution in [-0.2, 0) is 23.9 Å². The number of hydrogen-bond donors (Lipinski definition) is 0. The smallest absolute Gasteiger partial charge is 0.318 e. The first-order valence-corrected chi connectivity index (χ1v) is 9.22. The van der Waals surface area contributed by atoms with Crippen molar-refractivity contribution in [2.24, 2.45) is 11.8 Å². The number of nitrogens with zero attached hydrogens (tertiary/aromatic N) is 1. The number of esters is 2. The number of ketones is 1. The van der Waals surface area contributed by atoms with Gasteiger partial charge in [-0.1, -0.05) is 24.3 Å². The number of piperidine rings is 1. The minimum absolute atomic E-state index is 0.353. The van der Waals surface area contributed by atoms with Gasteiger partial charge in [-0.25, -0.2) is 8.78 Å². The molecule has 1 fully saturated rings. The van der Waals surface area contributed by atoms with E-state index in [2.05, 4.69) is 0 Å². The molecule has 158 valence electrons. The van der Waals surface area contributed by atoms with Crippen LogP contribution in [-0.4, -0.2) is 43.9 Å². The van der Waals surface area contributed by atoms with Gasteiger partial charge < -0.3 is 9.47 Å². The molecule has 1 aliphatic heterocycles. The number of ether oxygens (including phenoxy) is 2. The highest BCUT2D eigenvalue weighted by Gasteiger charge is 2.54. The summed E-state index contributed by atoms with van der Waals surface area (Å²) in [6, 6.07) is 9.11. The molecule has 3 rings (SSSR count). The fraction of sp³-hybridized carbons (Fsp3) is 0.318. The van der Waals surface area contributed by atoms with Gasteiger partial charge in [0.2, 0.25) is 0 Å². The van der Waals surface area contributed by atoms with Gasteiger partial charge in [0.05, 0.1) is 26.3 Å². The van der Waals surface area contributed by atoms with Crippen LogP contribution in [0.4, 0.5) is 8.78 Å². The lowest BCUT2D eigenvalue weighted by molar-refractivity contribution is -0.167. The van der Waals surface area contributed by atoms with Gasteiger partial charge in [-0.05, 0) is 42.4 Å². The lowest BCUT2D eigenvalue weighted by atomic mass is 9.73. The number of Topliss-reactive ketones (excluding diaryl/α,β-unsaturated/α-hetero) is 1. The van der Waals surface area contributed by atoms with E-state index in [1.165, 1.54) is 36.4 Å². The van der Waals surface area contributed by atoms with Crippen LogP contribution in [0.5, 0.6) is 0 Å². The third-order valence-corrected chi connectivity index (χ3v) is 5.41. The zero-order valence-electron chi connectivity index (χ0n) is 16.7. The van der Waals surface area contributed by atoms with Crippen LogP contribution in [0.15, 0.2) is 48.5 Å². The maximum absolute atomic E-state index is 13.9. The Kier molecular flexibility index (Phi) is 6.26. The standard InChI is InChI=1S/C22H21F2NO5/c1-25-18(12-6-4-8-14(23)10-12)16(21(27)29-2)20(26)17(22(28)30-3)19(25)13-7-5-9-15(24)11-13/h4-11,16-19H,1-3H3. The van der Waals surface area contributed by atoms with E-state index in [-0.39, 0.29) is 0 Å². The fourth-order valence-corrected chi connectivity index (χ4v) is 4.13. The van der Waals surface area contributed by atoms with Crippen LogP contribution in [0.2, 0.25) is 0 Å². The van der Waals surface area contributed by atoms with Gasteiger partial charge in [-0.15, -0.1) is 0 Å². The summed E-state index contributed by atoms with van der Waals surface area (Å²) in [5, 5.41) is 0. The summed E-state index contributed by atoms with van der Waals surface area (Å²) >= 11 is 0. The molecule has 0 radical (unpaired) electrons. The Labute approximate surface area is 172 Å². The molecular formula is C22H21F2NO5. The quantitative estimate of drug-likeness (QED) is 0.563. The molecule has 2 aromatic carbocycles. The number of halogens is 2. The molecule has 0 saturated carbocycles. The first-order valence-electron chi connectivity index (χ1n) is 9.22. The zero-order chi connectivity index (χ0) is 22.0. The van der Waals surface area contributed by atoms with E-state index in [4.69, 9.17) is 9.47 Å². The minimum atomic E-state index is -1.39. The monoisotopic (exact) mass is 417 g/mol. The normalized spacial score (nSPS) is 24.4. The Balaban J connectivity index is 2.22. The molecule has 0 aromatic heterocycles. The Bertz CT molecular complexity index is 904. The Hall–Kier alpha value is -3.13. The van der Waals surface area contributed by atoms with Crippen molar-refractivity contribution in [2.45, 2.75) is 12.1 Å². The van der Waals surface area contributed by atoms with E-state index in [0.29, 0.717) is 11.1 Å². The van der Waals surface area contributed by atoms with E-state index in [1.54, 1.807) is 24.1 Å². The predicted molar refractivity (Wildman–Crippen MR) is 102 cm³/mol. The van der Waals surface area contributed by atoms with E-state index in [1.807, 2.05) is 0 Å². The maximum Gasteiger partial charge on any atom is 0.318 e. The Morgan fingerprint density at radius 1 is 0.833 bits per heavy atom. The van der Waals surface area contributed by atoms with Crippen LogP contribution in [0.3, 0.4) is 0 Å². The largest absolute Gasteiger partial charge is 0.468 e. The molecule has 0 spiro atoms. The van der Waals surface area contributed by atoms with Gasteiger partial charge >= 0.3 is 11.9 Å². The summed E-state index contributed by atoms with van der Waals surface area (Å²) < 4.78 is 37.5. The van der Waals surface area contributed by atoms with Crippen LogP contribution in [0.25, 0.3) is 0 Å². The molecule has 0 bridgehead atoms. The minimum Gasteiger partial charge on any atom is -0.468 e. The Morgan fingerprint density at radius 2 is 1.23 bits per heavy atom. The summed E-state index contributed by atoms with van der Waals surface area (Å²) in [7, 11) is 3.84. The molecular weight excluding hydrogens is 396 g/mol. The van der Waals surface area contributed by atoms with Crippen molar-refractivity contribution in [1.82, 2.24) is 4.90 Å². The summed E-state index contributed by atoms with van der Waals surface area (Å²) in [5.41, 5.74) is 0.705. The Morgan fingerprint density at radius 3 is 1.57 bits per heavy atom. The van der Waals surface area contributed by atoms with Gasteiger partial charge in [0.1, 0.15) is 23.5 Å².